The summed E-state index contributed by atoms with van der Waals surface area (Å²) < 4.78 is 12.8. The van der Waals surface area contributed by atoms with Crippen LogP contribution < -0.4 is 4.74 Å². The summed E-state index contributed by atoms with van der Waals surface area (Å²) in [6.45, 7) is 11.9. The number of hydrogen-bond acceptors (Lipinski definition) is 2. The molecule has 1 unspecified atom stereocenters. The molecule has 0 amide bonds. The minimum absolute atomic E-state index is 0.150. The molecule has 3 saturated carbocycles. The molecule has 0 radical (unpaired) electrons. The number of allylic oxidation sites excluding steroid dienone is 2. The molecule has 4 rings (SSSR count). The molecule has 0 aromatic heterocycles. The van der Waals surface area contributed by atoms with Crippen LogP contribution in [0.15, 0.2) is 30.3 Å². The highest BCUT2D eigenvalue weighted by Gasteiger charge is 2.50. The van der Waals surface area contributed by atoms with Gasteiger partial charge in [0.15, 0.2) is 6.29 Å². The van der Waals surface area contributed by atoms with Crippen LogP contribution in [0.5, 0.6) is 5.75 Å². The number of hydrogen-bond donors (Lipinski definition) is 0. The SMILES string of the molecule is CC=C(CC(C)(C)C)c1ccc(OC(CCCC(C2CCCCC2)(C2CCCCC2)C2CCCCC2)OCC)cc1. The van der Waals surface area contributed by atoms with Crippen molar-refractivity contribution in [2.45, 2.75) is 163 Å². The standard InChI is InChI=1S/C39H64O2/c1-6-31(30-38(3,4)5)32-25-27-36(28-26-32)41-37(40-7-2)24-17-29-39(33-18-11-8-12-19-33,34-20-13-9-14-21-34)35-22-15-10-16-23-35/h6,25-28,33-35,37H,7-24,29-30H2,1-5H3. The first-order valence-electron chi connectivity index (χ1n) is 17.9. The van der Waals surface area contributed by atoms with E-state index in [9.17, 15) is 0 Å². The fraction of sp³-hybridized carbons (Fsp3) is 0.795. The van der Waals surface area contributed by atoms with Crippen molar-refractivity contribution in [2.75, 3.05) is 6.61 Å². The highest BCUT2D eigenvalue weighted by molar-refractivity contribution is 5.66. The van der Waals surface area contributed by atoms with E-state index in [0.717, 1.165) is 36.3 Å². The van der Waals surface area contributed by atoms with Crippen LogP contribution in [0.2, 0.25) is 0 Å². The van der Waals surface area contributed by atoms with Gasteiger partial charge in [0.2, 0.25) is 0 Å². The number of ether oxygens (including phenoxy) is 2. The molecule has 3 aliphatic rings. The summed E-state index contributed by atoms with van der Waals surface area (Å²) in [6, 6.07) is 8.78. The summed E-state index contributed by atoms with van der Waals surface area (Å²) in [5, 5.41) is 0. The summed E-state index contributed by atoms with van der Waals surface area (Å²) in [5.74, 6) is 3.80. The summed E-state index contributed by atoms with van der Waals surface area (Å²) in [7, 11) is 0. The molecule has 0 spiro atoms. The summed E-state index contributed by atoms with van der Waals surface area (Å²) in [6.07, 6.45) is 29.0. The van der Waals surface area contributed by atoms with Crippen LogP contribution in [0, 0.1) is 28.6 Å². The topological polar surface area (TPSA) is 18.5 Å². The van der Waals surface area contributed by atoms with Gasteiger partial charge in [0.05, 0.1) is 0 Å². The van der Waals surface area contributed by atoms with E-state index >= 15 is 0 Å². The van der Waals surface area contributed by atoms with Gasteiger partial charge in [0.25, 0.3) is 0 Å². The van der Waals surface area contributed by atoms with Crippen molar-refractivity contribution in [3.63, 3.8) is 0 Å². The van der Waals surface area contributed by atoms with Crippen LogP contribution in [-0.2, 0) is 4.74 Å². The van der Waals surface area contributed by atoms with E-state index in [0.29, 0.717) is 12.0 Å². The second kappa shape index (κ2) is 16.0. The third-order valence-corrected chi connectivity index (χ3v) is 11.1. The molecule has 3 fully saturated rings. The summed E-state index contributed by atoms with van der Waals surface area (Å²) in [4.78, 5) is 0. The number of benzene rings is 1. The quantitative estimate of drug-likeness (QED) is 0.222. The fourth-order valence-electron chi connectivity index (χ4n) is 9.31. The average molecular weight is 565 g/mol. The molecule has 0 aliphatic heterocycles. The molecule has 1 aromatic rings. The van der Waals surface area contributed by atoms with Gasteiger partial charge >= 0.3 is 0 Å². The van der Waals surface area contributed by atoms with E-state index in [1.807, 2.05) is 0 Å². The smallest absolute Gasteiger partial charge is 0.199 e. The third-order valence-electron chi connectivity index (χ3n) is 11.1. The highest BCUT2D eigenvalue weighted by Crippen LogP contribution is 2.59. The van der Waals surface area contributed by atoms with Gasteiger partial charge in [-0.05, 0) is 123 Å². The summed E-state index contributed by atoms with van der Waals surface area (Å²) in [5.41, 5.74) is 3.56. The maximum atomic E-state index is 6.53. The van der Waals surface area contributed by atoms with E-state index in [1.165, 1.54) is 120 Å². The summed E-state index contributed by atoms with van der Waals surface area (Å²) >= 11 is 0. The lowest BCUT2D eigenvalue weighted by Crippen LogP contribution is -2.47. The van der Waals surface area contributed by atoms with Gasteiger partial charge in [-0.3, -0.25) is 0 Å². The Morgan fingerprint density at radius 2 is 1.27 bits per heavy atom. The molecule has 0 N–H and O–H groups in total. The van der Waals surface area contributed by atoms with Crippen molar-refractivity contribution in [3.05, 3.63) is 35.9 Å². The second-order valence-electron chi connectivity index (χ2n) is 15.1. The van der Waals surface area contributed by atoms with Crippen molar-refractivity contribution >= 4 is 5.57 Å². The molecule has 1 aromatic carbocycles. The van der Waals surface area contributed by atoms with Crippen LogP contribution in [0.3, 0.4) is 0 Å². The normalized spacial score (nSPS) is 21.6. The molecular weight excluding hydrogens is 500 g/mol. The highest BCUT2D eigenvalue weighted by atomic mass is 16.7. The van der Waals surface area contributed by atoms with E-state index < -0.39 is 0 Å². The lowest BCUT2D eigenvalue weighted by molar-refractivity contribution is -0.0918. The average Bonchev–Trinajstić information content (AvgIpc) is 2.99. The first-order valence-corrected chi connectivity index (χ1v) is 17.9. The predicted octanol–water partition coefficient (Wildman–Crippen LogP) is 12.2. The Kier molecular flexibility index (Phi) is 12.7. The minimum atomic E-state index is -0.150. The largest absolute Gasteiger partial charge is 0.465 e. The molecule has 232 valence electrons. The van der Waals surface area contributed by atoms with E-state index in [1.54, 1.807) is 0 Å². The van der Waals surface area contributed by atoms with Gasteiger partial charge in [0, 0.05) is 13.0 Å². The Hall–Kier alpha value is -1.28. The van der Waals surface area contributed by atoms with Gasteiger partial charge in [0.1, 0.15) is 5.75 Å². The lowest BCUT2D eigenvalue weighted by atomic mass is 9.50. The van der Waals surface area contributed by atoms with E-state index in [4.69, 9.17) is 9.47 Å². The Bertz CT molecular complexity index is 843. The maximum Gasteiger partial charge on any atom is 0.199 e. The van der Waals surface area contributed by atoms with E-state index in [2.05, 4.69) is 65.0 Å². The Morgan fingerprint density at radius 3 is 1.68 bits per heavy atom. The van der Waals surface area contributed by atoms with Crippen LogP contribution in [0.1, 0.15) is 162 Å². The van der Waals surface area contributed by atoms with Crippen LogP contribution in [0.4, 0.5) is 0 Å². The van der Waals surface area contributed by atoms with Gasteiger partial charge in [-0.25, -0.2) is 0 Å². The van der Waals surface area contributed by atoms with E-state index in [-0.39, 0.29) is 11.7 Å². The number of rotatable bonds is 13. The molecule has 1 atom stereocenters. The molecule has 3 aliphatic carbocycles. The van der Waals surface area contributed by atoms with Crippen LogP contribution in [-0.4, -0.2) is 12.9 Å². The minimum Gasteiger partial charge on any atom is -0.465 e. The molecule has 2 heteroatoms. The fourth-order valence-corrected chi connectivity index (χ4v) is 9.31. The van der Waals surface area contributed by atoms with Crippen LogP contribution >= 0.6 is 0 Å². The second-order valence-corrected chi connectivity index (χ2v) is 15.1. The molecule has 0 saturated heterocycles. The predicted molar refractivity (Wildman–Crippen MR) is 176 cm³/mol. The van der Waals surface area contributed by atoms with Gasteiger partial charge < -0.3 is 9.47 Å². The third kappa shape index (κ3) is 9.11. The van der Waals surface area contributed by atoms with Crippen LogP contribution in [0.25, 0.3) is 5.57 Å². The zero-order chi connectivity index (χ0) is 29.1. The first kappa shape index (κ1) is 32.6. The van der Waals surface area contributed by atoms with Crippen molar-refractivity contribution < 1.29 is 9.47 Å². The molecule has 0 heterocycles. The first-order chi connectivity index (χ1) is 19.9. The Balaban J connectivity index is 1.46. The monoisotopic (exact) mass is 564 g/mol. The molecule has 0 bridgehead atoms. The zero-order valence-electron chi connectivity index (χ0n) is 27.7. The van der Waals surface area contributed by atoms with Gasteiger partial charge in [-0.15, -0.1) is 0 Å². The van der Waals surface area contributed by atoms with Crippen molar-refractivity contribution in [1.82, 2.24) is 0 Å². The Labute approximate surface area is 254 Å². The molecular formula is C39H64O2. The lowest BCUT2D eigenvalue weighted by Gasteiger charge is -2.55. The Morgan fingerprint density at radius 1 is 0.780 bits per heavy atom. The molecule has 2 nitrogen and oxygen atoms in total. The van der Waals surface area contributed by atoms with Crippen molar-refractivity contribution in [1.29, 1.82) is 0 Å². The van der Waals surface area contributed by atoms with Crippen molar-refractivity contribution in [2.24, 2.45) is 28.6 Å². The van der Waals surface area contributed by atoms with Gasteiger partial charge in [-0.1, -0.05) is 96.8 Å². The zero-order valence-corrected chi connectivity index (χ0v) is 27.7. The van der Waals surface area contributed by atoms with Gasteiger partial charge in [-0.2, -0.15) is 0 Å². The maximum absolute atomic E-state index is 6.53. The molecule has 41 heavy (non-hydrogen) atoms. The van der Waals surface area contributed by atoms with Crippen molar-refractivity contribution in [3.8, 4) is 5.75 Å².